The molecule has 72 valence electrons. The first-order chi connectivity index (χ1) is 7.20. The molecule has 0 radical (unpaired) electrons. The van der Waals surface area contributed by atoms with E-state index in [0.717, 1.165) is 5.39 Å². The topological polar surface area (TPSA) is 77.1 Å². The molecule has 0 aliphatic rings. The Labute approximate surface area is 86.6 Å². The smallest absolute Gasteiger partial charge is 0.423 e. The molecule has 0 bridgehead atoms. The van der Waals surface area contributed by atoms with Gasteiger partial charge in [0.2, 0.25) is 0 Å². The zero-order valence-electron chi connectivity index (χ0n) is 7.75. The summed E-state index contributed by atoms with van der Waals surface area (Å²) in [4.78, 5) is 4.07. The summed E-state index contributed by atoms with van der Waals surface area (Å²) in [6.45, 7) is 0. The summed E-state index contributed by atoms with van der Waals surface area (Å²) in [7, 11) is -1.48. The second-order valence-corrected chi connectivity index (χ2v) is 3.13. The molecule has 0 aliphatic carbocycles. The van der Waals surface area contributed by atoms with Crippen LogP contribution in [0.3, 0.4) is 0 Å². The second-order valence-electron chi connectivity index (χ2n) is 3.13. The van der Waals surface area contributed by atoms with E-state index in [9.17, 15) is 0 Å². The Morgan fingerprint density at radius 2 is 2.00 bits per heavy atom. The number of rotatable bonds is 1. The van der Waals surface area contributed by atoms with Gasteiger partial charge in [-0.05, 0) is 29.0 Å². The summed E-state index contributed by atoms with van der Waals surface area (Å²) in [6.07, 6.45) is 0. The third kappa shape index (κ3) is 1.81. The van der Waals surface area contributed by atoms with Gasteiger partial charge in [-0.2, -0.15) is 5.26 Å². The minimum Gasteiger partial charge on any atom is -0.423 e. The number of hydrogen-bond donors (Lipinski definition) is 2. The van der Waals surface area contributed by atoms with E-state index in [1.165, 1.54) is 0 Å². The zero-order chi connectivity index (χ0) is 10.8. The molecule has 0 aliphatic heterocycles. The SMILES string of the molecule is N#Cc1ccc2cc(B(O)O)ccc2n1. The third-order valence-corrected chi connectivity index (χ3v) is 2.13. The number of aromatic nitrogens is 1. The molecule has 2 N–H and O–H groups in total. The highest BCUT2D eigenvalue weighted by atomic mass is 16.4. The van der Waals surface area contributed by atoms with E-state index in [1.54, 1.807) is 30.3 Å². The van der Waals surface area contributed by atoms with Gasteiger partial charge in [-0.1, -0.05) is 12.1 Å². The summed E-state index contributed by atoms with van der Waals surface area (Å²) in [6, 6.07) is 10.1. The van der Waals surface area contributed by atoms with Gasteiger partial charge in [-0.25, -0.2) is 4.98 Å². The van der Waals surface area contributed by atoms with Crippen LogP contribution in [-0.2, 0) is 0 Å². The van der Waals surface area contributed by atoms with Crippen molar-refractivity contribution in [2.75, 3.05) is 0 Å². The van der Waals surface area contributed by atoms with Gasteiger partial charge in [0, 0.05) is 0 Å². The van der Waals surface area contributed by atoms with Crippen LogP contribution in [0.5, 0.6) is 0 Å². The number of pyridine rings is 1. The van der Waals surface area contributed by atoms with Crippen LogP contribution in [0, 0.1) is 11.3 Å². The molecule has 2 rings (SSSR count). The molecule has 2 aromatic rings. The predicted octanol–water partition coefficient (Wildman–Crippen LogP) is -0.214. The lowest BCUT2D eigenvalue weighted by Crippen LogP contribution is -2.29. The van der Waals surface area contributed by atoms with Gasteiger partial charge in [0.15, 0.2) is 0 Å². The van der Waals surface area contributed by atoms with Gasteiger partial charge in [-0.15, -0.1) is 0 Å². The zero-order valence-corrected chi connectivity index (χ0v) is 7.75. The fourth-order valence-corrected chi connectivity index (χ4v) is 1.37. The molecule has 0 saturated carbocycles. The average molecular weight is 198 g/mol. The van der Waals surface area contributed by atoms with Crippen LogP contribution >= 0.6 is 0 Å². The van der Waals surface area contributed by atoms with Gasteiger partial charge in [-0.3, -0.25) is 0 Å². The second kappa shape index (κ2) is 3.69. The largest absolute Gasteiger partial charge is 0.488 e. The van der Waals surface area contributed by atoms with Crippen LogP contribution < -0.4 is 5.46 Å². The van der Waals surface area contributed by atoms with Gasteiger partial charge in [0.1, 0.15) is 11.8 Å². The van der Waals surface area contributed by atoms with Crippen LogP contribution in [0.15, 0.2) is 30.3 Å². The maximum Gasteiger partial charge on any atom is 0.488 e. The average Bonchev–Trinajstić information content (AvgIpc) is 2.27. The summed E-state index contributed by atoms with van der Waals surface area (Å²) in [5.74, 6) is 0. The minimum absolute atomic E-state index is 0.347. The lowest BCUT2D eigenvalue weighted by molar-refractivity contribution is 0.426. The number of fused-ring (bicyclic) bond motifs is 1. The first-order valence-electron chi connectivity index (χ1n) is 4.37. The number of nitrogens with zero attached hydrogens (tertiary/aromatic N) is 2. The molecule has 0 spiro atoms. The summed E-state index contributed by atoms with van der Waals surface area (Å²) in [5, 5.41) is 27.4. The summed E-state index contributed by atoms with van der Waals surface area (Å²) >= 11 is 0. The van der Waals surface area contributed by atoms with E-state index in [0.29, 0.717) is 16.7 Å². The fraction of sp³-hybridized carbons (Fsp3) is 0. The summed E-state index contributed by atoms with van der Waals surface area (Å²) < 4.78 is 0. The van der Waals surface area contributed by atoms with Crippen molar-refractivity contribution in [3.63, 3.8) is 0 Å². The lowest BCUT2D eigenvalue weighted by Gasteiger charge is -2.01. The van der Waals surface area contributed by atoms with Crippen molar-refractivity contribution in [2.24, 2.45) is 0 Å². The Hall–Kier alpha value is -1.90. The van der Waals surface area contributed by atoms with Crippen molar-refractivity contribution in [2.45, 2.75) is 0 Å². The van der Waals surface area contributed by atoms with Crippen molar-refractivity contribution in [3.05, 3.63) is 36.0 Å². The fourth-order valence-electron chi connectivity index (χ4n) is 1.37. The van der Waals surface area contributed by atoms with Gasteiger partial charge in [0.05, 0.1) is 5.52 Å². The highest BCUT2D eigenvalue weighted by Crippen LogP contribution is 2.10. The quantitative estimate of drug-likeness (QED) is 0.621. The van der Waals surface area contributed by atoms with Crippen molar-refractivity contribution in [1.29, 1.82) is 5.26 Å². The molecule has 0 atom stereocenters. The summed E-state index contributed by atoms with van der Waals surface area (Å²) in [5.41, 5.74) is 1.42. The van der Waals surface area contributed by atoms with Crippen molar-refractivity contribution < 1.29 is 10.0 Å². The van der Waals surface area contributed by atoms with E-state index in [2.05, 4.69) is 4.98 Å². The Kier molecular flexibility index (Phi) is 2.38. The van der Waals surface area contributed by atoms with E-state index >= 15 is 0 Å². The Morgan fingerprint density at radius 3 is 2.67 bits per heavy atom. The van der Waals surface area contributed by atoms with Crippen LogP contribution in [0.4, 0.5) is 0 Å². The van der Waals surface area contributed by atoms with E-state index in [1.807, 2.05) is 6.07 Å². The molecule has 5 heteroatoms. The standard InChI is InChI=1S/C10H7BN2O2/c12-6-9-3-1-7-5-8(11(14)15)2-4-10(7)13-9/h1-5,14-15H. The van der Waals surface area contributed by atoms with Crippen LogP contribution in [0.2, 0.25) is 0 Å². The Balaban J connectivity index is 2.61. The maximum absolute atomic E-state index is 8.97. The van der Waals surface area contributed by atoms with Crippen molar-refractivity contribution in [1.82, 2.24) is 4.98 Å². The molecule has 0 unspecified atom stereocenters. The highest BCUT2D eigenvalue weighted by molar-refractivity contribution is 6.58. The Bertz CT molecular complexity index is 549. The van der Waals surface area contributed by atoms with Crippen molar-refractivity contribution >= 4 is 23.5 Å². The van der Waals surface area contributed by atoms with E-state index in [-0.39, 0.29) is 0 Å². The maximum atomic E-state index is 8.97. The molecule has 1 heterocycles. The van der Waals surface area contributed by atoms with Gasteiger partial charge < -0.3 is 10.0 Å². The molecule has 4 nitrogen and oxygen atoms in total. The van der Waals surface area contributed by atoms with Crippen LogP contribution in [0.25, 0.3) is 10.9 Å². The Morgan fingerprint density at radius 1 is 1.20 bits per heavy atom. The normalized spacial score (nSPS) is 9.93. The minimum atomic E-state index is -1.48. The first kappa shape index (κ1) is 9.65. The van der Waals surface area contributed by atoms with Crippen LogP contribution in [-0.4, -0.2) is 22.2 Å². The molecule has 0 fully saturated rings. The van der Waals surface area contributed by atoms with Gasteiger partial charge in [0.25, 0.3) is 0 Å². The molecule has 15 heavy (non-hydrogen) atoms. The predicted molar refractivity (Wildman–Crippen MR) is 56.3 cm³/mol. The molecular formula is C10H7BN2O2. The van der Waals surface area contributed by atoms with Crippen molar-refractivity contribution in [3.8, 4) is 6.07 Å². The highest BCUT2D eigenvalue weighted by Gasteiger charge is 2.11. The molecule has 0 amide bonds. The van der Waals surface area contributed by atoms with Gasteiger partial charge >= 0.3 is 7.12 Å². The lowest BCUT2D eigenvalue weighted by atomic mass is 9.80. The first-order valence-corrected chi connectivity index (χ1v) is 4.37. The monoisotopic (exact) mass is 198 g/mol. The van der Waals surface area contributed by atoms with E-state index < -0.39 is 7.12 Å². The number of benzene rings is 1. The number of hydrogen-bond acceptors (Lipinski definition) is 4. The van der Waals surface area contributed by atoms with Crippen LogP contribution in [0.1, 0.15) is 5.69 Å². The molecule has 0 saturated heterocycles. The molecule has 1 aromatic heterocycles. The molecule has 1 aromatic carbocycles. The molecular weight excluding hydrogens is 191 g/mol. The number of nitriles is 1. The third-order valence-electron chi connectivity index (χ3n) is 2.13. The van der Waals surface area contributed by atoms with E-state index in [4.69, 9.17) is 15.3 Å².